The highest BCUT2D eigenvalue weighted by Crippen LogP contribution is 2.29. The maximum Gasteiger partial charge on any atom is 0.311 e. The second-order valence-electron chi connectivity index (χ2n) is 5.90. The predicted octanol–water partition coefficient (Wildman–Crippen LogP) is 3.18. The fourth-order valence-electron chi connectivity index (χ4n) is 2.58. The normalized spacial score (nSPS) is 15.5. The van der Waals surface area contributed by atoms with Gasteiger partial charge in [0.2, 0.25) is 0 Å². The number of carbonyl (C=O) groups excluding carboxylic acids is 1. The van der Waals surface area contributed by atoms with Gasteiger partial charge in [-0.15, -0.1) is 0 Å². The zero-order chi connectivity index (χ0) is 19.0. The molecule has 0 atom stereocenters. The Morgan fingerprint density at radius 1 is 1.19 bits per heavy atom. The molecule has 0 radical (unpaired) electrons. The molecule has 1 fully saturated rings. The van der Waals surface area contributed by atoms with Crippen LogP contribution in [-0.2, 0) is 4.79 Å². The van der Waals surface area contributed by atoms with Crippen molar-refractivity contribution in [2.75, 3.05) is 4.90 Å². The minimum Gasteiger partial charge on any atom is -0.502 e. The predicted molar refractivity (Wildman–Crippen MR) is 102 cm³/mol. The molecule has 26 heavy (non-hydrogen) atoms. The first-order chi connectivity index (χ1) is 12.3. The number of nitrogens with one attached hydrogen (secondary N) is 1. The van der Waals surface area contributed by atoms with Crippen molar-refractivity contribution < 1.29 is 14.8 Å². The Balaban J connectivity index is 1.96. The first-order valence-corrected chi connectivity index (χ1v) is 8.10. The molecule has 8 heteroatoms. The van der Waals surface area contributed by atoms with Crippen molar-refractivity contribution >= 4 is 40.7 Å². The molecular formula is C18H15N3O4S. The lowest BCUT2D eigenvalue weighted by atomic mass is 10.1. The maximum atomic E-state index is 12.7. The van der Waals surface area contributed by atoms with E-state index in [1.807, 2.05) is 32.0 Å². The second kappa shape index (κ2) is 6.57. The number of nitro groups is 1. The molecule has 2 aromatic carbocycles. The molecule has 0 bridgehead atoms. The SMILES string of the molecule is Cc1ccc(N2C(=O)/C(=C\c3ccc(O)c([N+](=O)[O-])c3)NC2=S)cc1C. The lowest BCUT2D eigenvalue weighted by molar-refractivity contribution is -0.385. The number of rotatable bonds is 3. The summed E-state index contributed by atoms with van der Waals surface area (Å²) in [5, 5.41) is 23.5. The number of nitro benzene ring substituents is 1. The fraction of sp³-hybridized carbons (Fsp3) is 0.111. The van der Waals surface area contributed by atoms with E-state index in [-0.39, 0.29) is 16.7 Å². The van der Waals surface area contributed by atoms with Crippen LogP contribution in [0.2, 0.25) is 0 Å². The van der Waals surface area contributed by atoms with Crippen LogP contribution in [0.15, 0.2) is 42.1 Å². The molecule has 1 aliphatic rings. The molecule has 7 nitrogen and oxygen atoms in total. The van der Waals surface area contributed by atoms with Crippen LogP contribution in [0.3, 0.4) is 0 Å². The standard InChI is InChI=1S/C18H15N3O4S/c1-10-3-5-13(7-11(10)2)20-17(23)14(19-18(20)26)8-12-4-6-16(22)15(9-12)21(24)25/h3-9,22H,1-2H3,(H,19,26)/b14-8+. The summed E-state index contributed by atoms with van der Waals surface area (Å²) < 4.78 is 0. The number of nitrogens with zero attached hydrogens (tertiary/aromatic N) is 2. The number of phenols is 1. The molecule has 2 N–H and O–H groups in total. The Morgan fingerprint density at radius 3 is 2.58 bits per heavy atom. The molecule has 1 saturated heterocycles. The second-order valence-corrected chi connectivity index (χ2v) is 6.29. The average molecular weight is 369 g/mol. The van der Waals surface area contributed by atoms with Crippen molar-refractivity contribution in [1.82, 2.24) is 5.32 Å². The smallest absolute Gasteiger partial charge is 0.311 e. The Labute approximate surface area is 154 Å². The fourth-order valence-corrected chi connectivity index (χ4v) is 2.88. The number of benzene rings is 2. The van der Waals surface area contributed by atoms with Crippen molar-refractivity contribution in [2.24, 2.45) is 0 Å². The molecule has 2 aromatic rings. The minimum atomic E-state index is -0.687. The van der Waals surface area contributed by atoms with Gasteiger partial charge in [-0.05, 0) is 67.0 Å². The first-order valence-electron chi connectivity index (χ1n) is 7.69. The molecule has 0 aliphatic carbocycles. The third-order valence-electron chi connectivity index (χ3n) is 4.13. The number of aromatic hydroxyl groups is 1. The van der Waals surface area contributed by atoms with Crippen molar-refractivity contribution in [3.63, 3.8) is 0 Å². The van der Waals surface area contributed by atoms with Gasteiger partial charge in [0.15, 0.2) is 10.9 Å². The van der Waals surface area contributed by atoms with E-state index in [1.165, 1.54) is 29.2 Å². The van der Waals surface area contributed by atoms with Gasteiger partial charge in [-0.3, -0.25) is 19.8 Å². The molecular weight excluding hydrogens is 354 g/mol. The van der Waals surface area contributed by atoms with E-state index in [2.05, 4.69) is 5.32 Å². The zero-order valence-corrected chi connectivity index (χ0v) is 14.8. The van der Waals surface area contributed by atoms with E-state index in [9.17, 15) is 20.0 Å². The molecule has 132 valence electrons. The number of carbonyl (C=O) groups is 1. The maximum absolute atomic E-state index is 12.7. The summed E-state index contributed by atoms with van der Waals surface area (Å²) in [6.07, 6.45) is 1.46. The summed E-state index contributed by atoms with van der Waals surface area (Å²) >= 11 is 5.26. The third-order valence-corrected chi connectivity index (χ3v) is 4.42. The van der Waals surface area contributed by atoms with E-state index >= 15 is 0 Å². The van der Waals surface area contributed by atoms with Gasteiger partial charge in [0.05, 0.1) is 10.6 Å². The van der Waals surface area contributed by atoms with Gasteiger partial charge in [-0.25, -0.2) is 0 Å². The van der Waals surface area contributed by atoms with E-state index in [0.717, 1.165) is 11.1 Å². The van der Waals surface area contributed by atoms with Crippen LogP contribution < -0.4 is 10.2 Å². The largest absolute Gasteiger partial charge is 0.502 e. The van der Waals surface area contributed by atoms with Crippen LogP contribution in [0.4, 0.5) is 11.4 Å². The number of hydrogen-bond acceptors (Lipinski definition) is 5. The molecule has 1 heterocycles. The molecule has 0 unspecified atom stereocenters. The number of thiocarbonyl (C=S) groups is 1. The molecule has 0 aromatic heterocycles. The van der Waals surface area contributed by atoms with E-state index < -0.39 is 16.4 Å². The summed E-state index contributed by atoms with van der Waals surface area (Å²) in [4.78, 5) is 24.4. The highest BCUT2D eigenvalue weighted by Gasteiger charge is 2.32. The highest BCUT2D eigenvalue weighted by molar-refractivity contribution is 7.80. The van der Waals surface area contributed by atoms with Gasteiger partial charge in [0.25, 0.3) is 5.91 Å². The molecule has 1 aliphatic heterocycles. The van der Waals surface area contributed by atoms with Crippen LogP contribution in [-0.4, -0.2) is 21.0 Å². The Kier molecular flexibility index (Phi) is 4.43. The van der Waals surface area contributed by atoms with Gasteiger partial charge in [0.1, 0.15) is 5.70 Å². The number of amides is 1. The monoisotopic (exact) mass is 369 g/mol. The molecule has 3 rings (SSSR count). The number of hydrogen-bond donors (Lipinski definition) is 2. The van der Waals surface area contributed by atoms with Crippen molar-refractivity contribution in [3.05, 3.63) is 68.9 Å². The van der Waals surface area contributed by atoms with E-state index in [0.29, 0.717) is 11.3 Å². The van der Waals surface area contributed by atoms with E-state index in [1.54, 1.807) is 0 Å². The molecule has 0 spiro atoms. The van der Waals surface area contributed by atoms with Crippen LogP contribution in [0.1, 0.15) is 16.7 Å². The first kappa shape index (κ1) is 17.6. The van der Waals surface area contributed by atoms with Crippen LogP contribution in [0.5, 0.6) is 5.75 Å². The van der Waals surface area contributed by atoms with Crippen LogP contribution in [0.25, 0.3) is 6.08 Å². The van der Waals surface area contributed by atoms with Crippen LogP contribution in [0, 0.1) is 24.0 Å². The summed E-state index contributed by atoms with van der Waals surface area (Å²) in [6, 6.07) is 9.47. The van der Waals surface area contributed by atoms with Crippen LogP contribution >= 0.6 is 12.2 Å². The van der Waals surface area contributed by atoms with Gasteiger partial charge >= 0.3 is 5.69 Å². The van der Waals surface area contributed by atoms with Gasteiger partial charge in [-0.1, -0.05) is 12.1 Å². The molecule has 0 saturated carbocycles. The summed E-state index contributed by atoms with van der Waals surface area (Å²) in [6.45, 7) is 3.92. The summed E-state index contributed by atoms with van der Waals surface area (Å²) in [5.41, 5.74) is 2.95. The van der Waals surface area contributed by atoms with Crippen molar-refractivity contribution in [3.8, 4) is 5.75 Å². The van der Waals surface area contributed by atoms with Gasteiger partial charge in [-0.2, -0.15) is 0 Å². The quantitative estimate of drug-likeness (QED) is 0.373. The average Bonchev–Trinajstić information content (AvgIpc) is 2.85. The Morgan fingerprint density at radius 2 is 1.92 bits per heavy atom. The van der Waals surface area contributed by atoms with Crippen molar-refractivity contribution in [2.45, 2.75) is 13.8 Å². The molecule has 1 amide bonds. The Bertz CT molecular complexity index is 984. The lowest BCUT2D eigenvalue weighted by Gasteiger charge is -2.15. The minimum absolute atomic E-state index is 0.202. The summed E-state index contributed by atoms with van der Waals surface area (Å²) in [7, 11) is 0. The number of aryl methyl sites for hydroxylation is 2. The third kappa shape index (κ3) is 3.14. The van der Waals surface area contributed by atoms with Gasteiger partial charge in [0, 0.05) is 6.07 Å². The number of anilines is 1. The Hall–Kier alpha value is -3.26. The van der Waals surface area contributed by atoms with Gasteiger partial charge < -0.3 is 10.4 Å². The number of phenolic OH excluding ortho intramolecular Hbond substituents is 1. The zero-order valence-electron chi connectivity index (χ0n) is 14.0. The van der Waals surface area contributed by atoms with E-state index in [4.69, 9.17) is 12.2 Å². The topological polar surface area (TPSA) is 95.7 Å². The lowest BCUT2D eigenvalue weighted by Crippen LogP contribution is -2.30. The highest BCUT2D eigenvalue weighted by atomic mass is 32.1. The summed E-state index contributed by atoms with van der Waals surface area (Å²) in [5.74, 6) is -0.788. The van der Waals surface area contributed by atoms with Crippen molar-refractivity contribution in [1.29, 1.82) is 0 Å².